The summed E-state index contributed by atoms with van der Waals surface area (Å²) in [5.41, 5.74) is 7.48. The summed E-state index contributed by atoms with van der Waals surface area (Å²) < 4.78 is 11.5. The summed E-state index contributed by atoms with van der Waals surface area (Å²) in [5, 5.41) is 2.92. The van der Waals surface area contributed by atoms with Gasteiger partial charge in [0.1, 0.15) is 11.9 Å². The fourth-order valence-electron chi connectivity index (χ4n) is 2.90. The van der Waals surface area contributed by atoms with Crippen molar-refractivity contribution in [3.05, 3.63) is 60.2 Å². The zero-order chi connectivity index (χ0) is 17.5. The van der Waals surface area contributed by atoms with Crippen molar-refractivity contribution in [2.75, 3.05) is 18.5 Å². The molecule has 1 fully saturated rings. The zero-order valence-electron chi connectivity index (χ0n) is 14.2. The van der Waals surface area contributed by atoms with Gasteiger partial charge in [-0.1, -0.05) is 42.5 Å². The monoisotopic (exact) mass is 340 g/mol. The number of rotatable bonds is 7. The van der Waals surface area contributed by atoms with Gasteiger partial charge in [-0.2, -0.15) is 0 Å². The Hall–Kier alpha value is -2.37. The molecule has 2 atom stereocenters. The molecule has 1 aliphatic heterocycles. The molecule has 1 saturated heterocycles. The lowest BCUT2D eigenvalue weighted by Gasteiger charge is -2.15. The third-order valence-corrected chi connectivity index (χ3v) is 4.30. The Kier molecular flexibility index (Phi) is 6.04. The van der Waals surface area contributed by atoms with Gasteiger partial charge in [0, 0.05) is 13.0 Å². The van der Waals surface area contributed by atoms with Gasteiger partial charge in [-0.3, -0.25) is 4.79 Å². The van der Waals surface area contributed by atoms with Crippen LogP contribution >= 0.6 is 0 Å². The normalized spacial score (nSPS) is 19.6. The molecule has 5 heteroatoms. The minimum Gasteiger partial charge on any atom is -0.491 e. The number of ether oxygens (including phenoxy) is 2. The summed E-state index contributed by atoms with van der Waals surface area (Å²) in [7, 11) is 0. The smallest absolute Gasteiger partial charge is 0.253 e. The highest BCUT2D eigenvalue weighted by molar-refractivity contribution is 5.95. The van der Waals surface area contributed by atoms with Crippen LogP contribution in [0.25, 0.3) is 0 Å². The predicted octanol–water partition coefficient (Wildman–Crippen LogP) is 2.75. The lowest BCUT2D eigenvalue weighted by molar-refractivity contribution is -0.126. The van der Waals surface area contributed by atoms with Crippen molar-refractivity contribution in [3.63, 3.8) is 0 Å². The van der Waals surface area contributed by atoms with Crippen LogP contribution in [-0.4, -0.2) is 31.3 Å². The summed E-state index contributed by atoms with van der Waals surface area (Å²) in [6.45, 7) is 0.995. The topological polar surface area (TPSA) is 73.6 Å². The molecule has 3 N–H and O–H groups in total. The number of para-hydroxylation sites is 2. The van der Waals surface area contributed by atoms with E-state index in [1.807, 2.05) is 42.5 Å². The minimum absolute atomic E-state index is 0.0203. The molecule has 0 bridgehead atoms. The molecule has 132 valence electrons. The van der Waals surface area contributed by atoms with E-state index in [2.05, 4.69) is 17.4 Å². The number of nitrogens with one attached hydrogen (secondary N) is 1. The van der Waals surface area contributed by atoms with E-state index < -0.39 is 6.10 Å². The van der Waals surface area contributed by atoms with Crippen LogP contribution in [0.4, 0.5) is 5.69 Å². The number of anilines is 1. The number of hydrogen-bond acceptors (Lipinski definition) is 4. The van der Waals surface area contributed by atoms with Crippen molar-refractivity contribution in [2.45, 2.75) is 31.5 Å². The predicted molar refractivity (Wildman–Crippen MR) is 97.7 cm³/mol. The average Bonchev–Trinajstić information content (AvgIpc) is 3.13. The van der Waals surface area contributed by atoms with E-state index in [0.29, 0.717) is 31.0 Å². The van der Waals surface area contributed by atoms with Crippen molar-refractivity contribution >= 4 is 11.6 Å². The Morgan fingerprint density at radius 3 is 2.64 bits per heavy atom. The fourth-order valence-corrected chi connectivity index (χ4v) is 2.90. The highest BCUT2D eigenvalue weighted by Crippen LogP contribution is 2.26. The second-order valence-electron chi connectivity index (χ2n) is 6.13. The first kappa shape index (κ1) is 17.5. The summed E-state index contributed by atoms with van der Waals surface area (Å²) in [6, 6.07) is 17.6. The van der Waals surface area contributed by atoms with E-state index >= 15 is 0 Å². The standard InChI is InChI=1S/C20H24N2O3/c21-14-16-10-11-19(25-16)20(23)22-17-8-4-5-9-18(17)24-13-12-15-6-2-1-3-7-15/h1-9,16,19H,10-14,21H2,(H,22,23)/t16-,19+/m1/s1. The molecule has 2 aromatic rings. The van der Waals surface area contributed by atoms with Gasteiger partial charge in [0.15, 0.2) is 0 Å². The average molecular weight is 340 g/mol. The van der Waals surface area contributed by atoms with Gasteiger partial charge in [-0.05, 0) is 30.5 Å². The first-order valence-electron chi connectivity index (χ1n) is 8.68. The molecule has 3 rings (SSSR count). The SMILES string of the molecule is NC[C@H]1CC[C@@H](C(=O)Nc2ccccc2OCCc2ccccc2)O1. The van der Waals surface area contributed by atoms with Gasteiger partial charge in [0.2, 0.25) is 0 Å². The van der Waals surface area contributed by atoms with Crippen molar-refractivity contribution < 1.29 is 14.3 Å². The van der Waals surface area contributed by atoms with Crippen LogP contribution in [0.2, 0.25) is 0 Å². The van der Waals surface area contributed by atoms with E-state index in [-0.39, 0.29) is 12.0 Å². The molecular formula is C20H24N2O3. The Morgan fingerprint density at radius 1 is 1.12 bits per heavy atom. The molecule has 5 nitrogen and oxygen atoms in total. The Morgan fingerprint density at radius 2 is 1.88 bits per heavy atom. The molecule has 0 saturated carbocycles. The molecule has 0 radical (unpaired) electrons. The summed E-state index contributed by atoms with van der Waals surface area (Å²) in [5.74, 6) is 0.523. The minimum atomic E-state index is -0.439. The fraction of sp³-hybridized carbons (Fsp3) is 0.350. The maximum absolute atomic E-state index is 12.4. The highest BCUT2D eigenvalue weighted by Gasteiger charge is 2.30. The molecule has 0 aromatic heterocycles. The van der Waals surface area contributed by atoms with E-state index in [0.717, 1.165) is 12.8 Å². The lowest BCUT2D eigenvalue weighted by atomic mass is 10.2. The van der Waals surface area contributed by atoms with Crippen LogP contribution in [0.1, 0.15) is 18.4 Å². The van der Waals surface area contributed by atoms with Gasteiger partial charge >= 0.3 is 0 Å². The third-order valence-electron chi connectivity index (χ3n) is 4.30. The largest absolute Gasteiger partial charge is 0.491 e. The van der Waals surface area contributed by atoms with Gasteiger partial charge in [0.25, 0.3) is 5.91 Å². The third kappa shape index (κ3) is 4.81. The number of amides is 1. The lowest BCUT2D eigenvalue weighted by Crippen LogP contribution is -2.30. The van der Waals surface area contributed by atoms with E-state index in [9.17, 15) is 4.79 Å². The van der Waals surface area contributed by atoms with Crippen molar-refractivity contribution in [2.24, 2.45) is 5.73 Å². The van der Waals surface area contributed by atoms with E-state index in [1.54, 1.807) is 0 Å². The van der Waals surface area contributed by atoms with Gasteiger partial charge in [-0.25, -0.2) is 0 Å². The zero-order valence-corrected chi connectivity index (χ0v) is 14.2. The molecule has 2 aromatic carbocycles. The van der Waals surface area contributed by atoms with Crippen LogP contribution < -0.4 is 15.8 Å². The maximum Gasteiger partial charge on any atom is 0.253 e. The first-order chi connectivity index (χ1) is 12.3. The molecule has 1 amide bonds. The molecule has 25 heavy (non-hydrogen) atoms. The quantitative estimate of drug-likeness (QED) is 0.813. The Balaban J connectivity index is 1.56. The van der Waals surface area contributed by atoms with Gasteiger partial charge in [0.05, 0.1) is 18.4 Å². The van der Waals surface area contributed by atoms with Crippen LogP contribution in [0.3, 0.4) is 0 Å². The Bertz CT molecular complexity index is 690. The number of benzene rings is 2. The summed E-state index contributed by atoms with van der Waals surface area (Å²) in [6.07, 6.45) is 1.88. The molecule has 0 aliphatic carbocycles. The van der Waals surface area contributed by atoms with Crippen LogP contribution in [0.15, 0.2) is 54.6 Å². The van der Waals surface area contributed by atoms with Gasteiger partial charge in [-0.15, -0.1) is 0 Å². The Labute approximate surface area is 148 Å². The highest BCUT2D eigenvalue weighted by atomic mass is 16.5. The number of nitrogens with two attached hydrogens (primary N) is 1. The number of carbonyl (C=O) groups is 1. The summed E-state index contributed by atoms with van der Waals surface area (Å²) >= 11 is 0. The van der Waals surface area contributed by atoms with Crippen molar-refractivity contribution in [1.82, 2.24) is 0 Å². The molecule has 1 heterocycles. The van der Waals surface area contributed by atoms with Crippen molar-refractivity contribution in [1.29, 1.82) is 0 Å². The van der Waals surface area contributed by atoms with E-state index in [4.69, 9.17) is 15.2 Å². The van der Waals surface area contributed by atoms with Crippen LogP contribution in [0, 0.1) is 0 Å². The van der Waals surface area contributed by atoms with Crippen LogP contribution in [0.5, 0.6) is 5.75 Å². The summed E-state index contributed by atoms with van der Waals surface area (Å²) in [4.78, 5) is 12.4. The van der Waals surface area contributed by atoms with Gasteiger partial charge < -0.3 is 20.5 Å². The second-order valence-corrected chi connectivity index (χ2v) is 6.13. The number of hydrogen-bond donors (Lipinski definition) is 2. The molecule has 0 spiro atoms. The first-order valence-corrected chi connectivity index (χ1v) is 8.68. The second kappa shape index (κ2) is 8.65. The molecule has 0 unspecified atom stereocenters. The van der Waals surface area contributed by atoms with Crippen LogP contribution in [-0.2, 0) is 16.0 Å². The van der Waals surface area contributed by atoms with E-state index in [1.165, 1.54) is 5.56 Å². The molecule has 1 aliphatic rings. The maximum atomic E-state index is 12.4. The number of carbonyl (C=O) groups excluding carboxylic acids is 1. The van der Waals surface area contributed by atoms with Crippen molar-refractivity contribution in [3.8, 4) is 5.75 Å². The molecular weight excluding hydrogens is 316 g/mol.